The van der Waals surface area contributed by atoms with Crippen molar-refractivity contribution in [3.63, 3.8) is 0 Å². The summed E-state index contributed by atoms with van der Waals surface area (Å²) >= 11 is 6.27. The van der Waals surface area contributed by atoms with E-state index in [1.54, 1.807) is 7.11 Å². The van der Waals surface area contributed by atoms with Gasteiger partial charge in [-0.05, 0) is 51.8 Å². The number of rotatable bonds is 9. The first-order valence-electron chi connectivity index (χ1n) is 8.97. The quantitative estimate of drug-likeness (QED) is 0.453. The van der Waals surface area contributed by atoms with Crippen molar-refractivity contribution in [1.29, 1.82) is 0 Å². The average molecular weight is 383 g/mol. The zero-order valence-corrected chi connectivity index (χ0v) is 17.2. The smallest absolute Gasteiger partial charge is 0.227 e. The lowest BCUT2D eigenvalue weighted by atomic mass is 9.92. The maximum absolute atomic E-state index is 12.1. The third-order valence-corrected chi connectivity index (χ3v) is 4.23. The summed E-state index contributed by atoms with van der Waals surface area (Å²) in [7, 11) is 1.62. The summed E-state index contributed by atoms with van der Waals surface area (Å²) in [6, 6.07) is 5.67. The van der Waals surface area contributed by atoms with Crippen molar-refractivity contribution in [3.05, 3.63) is 28.8 Å². The number of carbonyl (C=O) groups is 1. The molecule has 0 aliphatic heterocycles. The van der Waals surface area contributed by atoms with Crippen LogP contribution in [0.1, 0.15) is 33.3 Å². The van der Waals surface area contributed by atoms with Gasteiger partial charge < -0.3 is 20.7 Å². The average Bonchev–Trinajstić information content (AvgIpc) is 2.61. The van der Waals surface area contributed by atoms with E-state index >= 15 is 0 Å². The highest BCUT2D eigenvalue weighted by molar-refractivity contribution is 6.31. The van der Waals surface area contributed by atoms with Crippen LogP contribution in [0.3, 0.4) is 0 Å². The number of nitrogens with zero attached hydrogens (tertiary/aromatic N) is 1. The van der Waals surface area contributed by atoms with Crippen LogP contribution in [-0.4, -0.2) is 45.2 Å². The summed E-state index contributed by atoms with van der Waals surface area (Å²) in [6.45, 7) is 10.1. The number of nitrogens with one attached hydrogen (secondary N) is 3. The van der Waals surface area contributed by atoms with Crippen molar-refractivity contribution in [2.45, 2.75) is 34.1 Å². The van der Waals surface area contributed by atoms with E-state index < -0.39 is 5.41 Å². The third kappa shape index (κ3) is 7.12. The number of amides is 1. The fourth-order valence-corrected chi connectivity index (χ4v) is 2.53. The molecule has 6 nitrogen and oxygen atoms in total. The van der Waals surface area contributed by atoms with E-state index in [0.717, 1.165) is 24.3 Å². The van der Waals surface area contributed by atoms with Crippen molar-refractivity contribution in [3.8, 4) is 5.75 Å². The van der Waals surface area contributed by atoms with Crippen molar-refractivity contribution >= 4 is 23.5 Å². The van der Waals surface area contributed by atoms with Gasteiger partial charge in [0.15, 0.2) is 5.96 Å². The predicted octanol–water partition coefficient (Wildman–Crippen LogP) is 2.61. The molecule has 146 valence electrons. The Morgan fingerprint density at radius 1 is 1.19 bits per heavy atom. The molecule has 0 aliphatic rings. The lowest BCUT2D eigenvalue weighted by Crippen LogP contribution is -2.42. The largest absolute Gasteiger partial charge is 0.497 e. The Balaban J connectivity index is 2.63. The predicted molar refractivity (Wildman–Crippen MR) is 108 cm³/mol. The molecule has 1 aromatic carbocycles. The third-order valence-electron chi connectivity index (χ3n) is 3.88. The van der Waals surface area contributed by atoms with Crippen LogP contribution in [0.4, 0.5) is 0 Å². The van der Waals surface area contributed by atoms with Gasteiger partial charge in [0.2, 0.25) is 5.91 Å². The van der Waals surface area contributed by atoms with E-state index in [2.05, 4.69) is 20.9 Å². The maximum atomic E-state index is 12.1. The molecule has 0 fully saturated rings. The molecule has 0 aliphatic carbocycles. The number of guanidine groups is 1. The highest BCUT2D eigenvalue weighted by Gasteiger charge is 2.26. The molecule has 0 spiro atoms. The molecule has 1 aromatic rings. The molecule has 0 aromatic heterocycles. The SMILES string of the molecule is CCNC(=O)C(C)(C)CN=C(NCC)NCCc1ccc(OC)cc1Cl. The Labute approximate surface area is 161 Å². The van der Waals surface area contributed by atoms with Gasteiger partial charge in [-0.1, -0.05) is 17.7 Å². The second-order valence-electron chi connectivity index (χ2n) is 6.57. The topological polar surface area (TPSA) is 74.8 Å². The highest BCUT2D eigenvalue weighted by Crippen LogP contribution is 2.22. The number of hydrogen-bond acceptors (Lipinski definition) is 3. The van der Waals surface area contributed by atoms with Gasteiger partial charge in [0.25, 0.3) is 0 Å². The van der Waals surface area contributed by atoms with Gasteiger partial charge in [-0.2, -0.15) is 0 Å². The molecule has 26 heavy (non-hydrogen) atoms. The number of carbonyl (C=O) groups excluding carboxylic acids is 1. The van der Waals surface area contributed by atoms with Crippen LogP contribution < -0.4 is 20.7 Å². The van der Waals surface area contributed by atoms with Gasteiger partial charge in [-0.25, -0.2) is 0 Å². The van der Waals surface area contributed by atoms with E-state index in [1.165, 1.54) is 0 Å². The summed E-state index contributed by atoms with van der Waals surface area (Å²) < 4.78 is 5.16. The Bertz CT molecular complexity index is 618. The number of benzene rings is 1. The van der Waals surface area contributed by atoms with Gasteiger partial charge in [0.05, 0.1) is 19.1 Å². The molecule has 0 atom stereocenters. The van der Waals surface area contributed by atoms with Crippen molar-refractivity contribution in [1.82, 2.24) is 16.0 Å². The highest BCUT2D eigenvalue weighted by atomic mass is 35.5. The normalized spacial score (nSPS) is 11.8. The first-order chi connectivity index (χ1) is 12.3. The monoisotopic (exact) mass is 382 g/mol. The minimum absolute atomic E-state index is 0.00427. The van der Waals surface area contributed by atoms with Crippen molar-refractivity contribution in [2.24, 2.45) is 10.4 Å². The van der Waals surface area contributed by atoms with Crippen LogP contribution in [0.2, 0.25) is 5.02 Å². The number of halogens is 1. The van der Waals surface area contributed by atoms with Gasteiger partial charge in [0, 0.05) is 24.7 Å². The minimum Gasteiger partial charge on any atom is -0.497 e. The number of hydrogen-bond donors (Lipinski definition) is 3. The summed E-state index contributed by atoms with van der Waals surface area (Å²) in [4.78, 5) is 16.6. The van der Waals surface area contributed by atoms with Gasteiger partial charge in [-0.3, -0.25) is 9.79 Å². The zero-order valence-electron chi connectivity index (χ0n) is 16.4. The van der Waals surface area contributed by atoms with Crippen LogP contribution >= 0.6 is 11.6 Å². The molecule has 1 amide bonds. The lowest BCUT2D eigenvalue weighted by Gasteiger charge is -2.22. The summed E-state index contributed by atoms with van der Waals surface area (Å²) in [5.41, 5.74) is 0.482. The molecule has 7 heteroatoms. The molecule has 0 heterocycles. The molecule has 0 radical (unpaired) electrons. The fourth-order valence-electron chi connectivity index (χ4n) is 2.26. The van der Waals surface area contributed by atoms with Crippen molar-refractivity contribution < 1.29 is 9.53 Å². The Morgan fingerprint density at radius 2 is 1.88 bits per heavy atom. The maximum Gasteiger partial charge on any atom is 0.227 e. The van der Waals surface area contributed by atoms with E-state index in [1.807, 2.05) is 45.9 Å². The van der Waals surface area contributed by atoms with Gasteiger partial charge in [0.1, 0.15) is 5.75 Å². The second-order valence-corrected chi connectivity index (χ2v) is 6.98. The standard InChI is InChI=1S/C19H31ClN4O2/c1-6-21-17(25)19(3,4)13-24-18(22-7-2)23-11-10-14-8-9-15(26-5)12-16(14)20/h8-9,12H,6-7,10-11,13H2,1-5H3,(H,21,25)(H2,22,23,24). The van der Waals surface area contributed by atoms with Crippen LogP contribution in [0.25, 0.3) is 0 Å². The molecule has 0 saturated heterocycles. The van der Waals surface area contributed by atoms with Crippen LogP contribution in [-0.2, 0) is 11.2 Å². The zero-order chi connectivity index (χ0) is 19.6. The van der Waals surface area contributed by atoms with Crippen LogP contribution in [0.5, 0.6) is 5.75 Å². The summed E-state index contributed by atoms with van der Waals surface area (Å²) in [5.74, 6) is 1.44. The second kappa shape index (κ2) is 10.9. The van der Waals surface area contributed by atoms with E-state index in [0.29, 0.717) is 30.6 Å². The molecular weight excluding hydrogens is 352 g/mol. The molecular formula is C19H31ClN4O2. The van der Waals surface area contributed by atoms with E-state index in [9.17, 15) is 4.79 Å². The fraction of sp³-hybridized carbons (Fsp3) is 0.579. The van der Waals surface area contributed by atoms with Crippen LogP contribution in [0.15, 0.2) is 23.2 Å². The lowest BCUT2D eigenvalue weighted by molar-refractivity contribution is -0.128. The van der Waals surface area contributed by atoms with Crippen molar-refractivity contribution in [2.75, 3.05) is 33.3 Å². The number of ether oxygens (including phenoxy) is 1. The summed E-state index contributed by atoms with van der Waals surface area (Å²) in [6.07, 6.45) is 0.757. The Kier molecular flexibility index (Phi) is 9.27. The number of methoxy groups -OCH3 is 1. The first kappa shape index (κ1) is 22.1. The molecule has 0 bridgehead atoms. The number of aliphatic imine (C=N–C) groups is 1. The molecule has 0 saturated carbocycles. The minimum atomic E-state index is -0.558. The van der Waals surface area contributed by atoms with E-state index in [-0.39, 0.29) is 5.91 Å². The molecule has 1 rings (SSSR count). The van der Waals surface area contributed by atoms with E-state index in [4.69, 9.17) is 16.3 Å². The van der Waals surface area contributed by atoms with Gasteiger partial charge in [-0.15, -0.1) is 0 Å². The molecule has 3 N–H and O–H groups in total. The van der Waals surface area contributed by atoms with Gasteiger partial charge >= 0.3 is 0 Å². The first-order valence-corrected chi connectivity index (χ1v) is 9.34. The summed E-state index contributed by atoms with van der Waals surface area (Å²) in [5, 5.41) is 10.0. The Hall–Kier alpha value is -1.95. The molecule has 0 unspecified atom stereocenters. The van der Waals surface area contributed by atoms with Crippen LogP contribution in [0, 0.1) is 5.41 Å². The Morgan fingerprint density at radius 3 is 2.46 bits per heavy atom.